The van der Waals surface area contributed by atoms with Gasteiger partial charge in [-0.25, -0.2) is 0 Å². The molecule has 2 rings (SSSR count). The molecule has 0 radical (unpaired) electrons. The Morgan fingerprint density at radius 1 is 1.18 bits per heavy atom. The van der Waals surface area contributed by atoms with Gasteiger partial charge in [-0.15, -0.1) is 0 Å². The molecule has 1 aromatic carbocycles. The summed E-state index contributed by atoms with van der Waals surface area (Å²) in [7, 11) is 3.38. The fraction of sp³-hybridized carbons (Fsp3) is 0.611. The van der Waals surface area contributed by atoms with Gasteiger partial charge < -0.3 is 14.6 Å². The number of benzene rings is 1. The maximum atomic E-state index is 8.43. The number of hydrogen-bond donors (Lipinski definition) is 1. The third-order valence-electron chi connectivity index (χ3n) is 3.20. The highest BCUT2D eigenvalue weighted by atomic mass is 16.5. The summed E-state index contributed by atoms with van der Waals surface area (Å²) in [5, 5.41) is 16.7. The van der Waals surface area contributed by atoms with E-state index in [1.807, 2.05) is 31.4 Å². The fourth-order valence-electron chi connectivity index (χ4n) is 2.05. The molecule has 1 aliphatic carbocycles. The Bertz CT molecular complexity index is 381. The van der Waals surface area contributed by atoms with Crippen LogP contribution in [0.2, 0.25) is 0 Å². The van der Waals surface area contributed by atoms with Crippen molar-refractivity contribution in [3.05, 3.63) is 35.9 Å². The summed E-state index contributed by atoms with van der Waals surface area (Å²) in [6, 6.07) is 11.2. The van der Waals surface area contributed by atoms with Crippen LogP contribution in [-0.4, -0.2) is 38.1 Å². The lowest BCUT2D eigenvalue weighted by Gasteiger charge is -2.19. The van der Waals surface area contributed by atoms with Crippen LogP contribution in [0.3, 0.4) is 0 Å². The van der Waals surface area contributed by atoms with Crippen LogP contribution in [0, 0.1) is 11.3 Å². The summed E-state index contributed by atoms with van der Waals surface area (Å²) in [6.45, 7) is 2.11. The van der Waals surface area contributed by atoms with Gasteiger partial charge in [0.25, 0.3) is 0 Å². The summed E-state index contributed by atoms with van der Waals surface area (Å²) >= 11 is 0. The number of aliphatic hydroxyl groups is 1. The van der Waals surface area contributed by atoms with Crippen LogP contribution in [0.5, 0.6) is 0 Å². The quantitative estimate of drug-likeness (QED) is 0.928. The largest absolute Gasteiger partial charge is 0.391 e. The maximum absolute atomic E-state index is 8.43. The summed E-state index contributed by atoms with van der Waals surface area (Å²) in [5.74, 6) is 0. The molecule has 4 heteroatoms. The minimum atomic E-state index is -0.324. The first-order chi connectivity index (χ1) is 10.6. The van der Waals surface area contributed by atoms with Gasteiger partial charge in [-0.1, -0.05) is 37.5 Å². The molecule has 1 aliphatic rings. The Hall–Kier alpha value is -1.41. The van der Waals surface area contributed by atoms with Gasteiger partial charge in [-0.05, 0) is 31.9 Å². The lowest BCUT2D eigenvalue weighted by Crippen LogP contribution is -2.13. The van der Waals surface area contributed by atoms with Crippen molar-refractivity contribution in [2.24, 2.45) is 0 Å². The summed E-state index contributed by atoms with van der Waals surface area (Å²) in [4.78, 5) is 0. The van der Waals surface area contributed by atoms with Crippen molar-refractivity contribution in [2.75, 3.05) is 20.8 Å². The zero-order chi connectivity index (χ0) is 16.6. The van der Waals surface area contributed by atoms with Gasteiger partial charge in [0.15, 0.2) is 0 Å². The fourth-order valence-corrected chi connectivity index (χ4v) is 2.05. The summed E-state index contributed by atoms with van der Waals surface area (Å²) in [6.07, 6.45) is 7.00. The molecule has 1 fully saturated rings. The Balaban J connectivity index is 0.000000306. The van der Waals surface area contributed by atoms with Crippen molar-refractivity contribution in [2.45, 2.75) is 51.2 Å². The number of ether oxygens (including phenoxy) is 2. The van der Waals surface area contributed by atoms with Crippen molar-refractivity contribution in [1.29, 1.82) is 5.26 Å². The van der Waals surface area contributed by atoms with E-state index in [4.69, 9.17) is 15.1 Å². The topological polar surface area (TPSA) is 62.5 Å². The molecule has 1 unspecified atom stereocenters. The number of methoxy groups -OCH3 is 2. The van der Waals surface area contributed by atoms with E-state index < -0.39 is 0 Å². The molecular formula is C18H29NO3. The van der Waals surface area contributed by atoms with Gasteiger partial charge in [0.2, 0.25) is 0 Å². The average Bonchev–Trinajstić information content (AvgIpc) is 2.57. The molecule has 0 aliphatic heterocycles. The highest BCUT2D eigenvalue weighted by Crippen LogP contribution is 2.18. The molecule has 0 bridgehead atoms. The standard InChI is InChI=1S/C7H5N.C7H14O.C4H10O2/c8-6-7-4-2-1-3-5-7;1-8-7-5-3-2-4-6-7;1-4(5)3-6-2/h1-5H;7H,2-6H2,1H3;4-5H,3H2,1-2H3. The minimum Gasteiger partial charge on any atom is -0.391 e. The number of rotatable bonds is 3. The molecular weight excluding hydrogens is 278 g/mol. The molecule has 1 atom stereocenters. The highest BCUT2D eigenvalue weighted by Gasteiger charge is 2.10. The molecule has 0 heterocycles. The van der Waals surface area contributed by atoms with E-state index >= 15 is 0 Å². The Kier molecular flexibility index (Phi) is 13.6. The number of hydrogen-bond acceptors (Lipinski definition) is 4. The predicted octanol–water partition coefficient (Wildman–Crippen LogP) is 3.54. The van der Waals surface area contributed by atoms with Crippen LogP contribution in [-0.2, 0) is 9.47 Å². The van der Waals surface area contributed by atoms with Crippen molar-refractivity contribution in [1.82, 2.24) is 0 Å². The lowest BCUT2D eigenvalue weighted by atomic mass is 9.98. The Morgan fingerprint density at radius 2 is 1.77 bits per heavy atom. The van der Waals surface area contributed by atoms with Crippen LogP contribution in [0.4, 0.5) is 0 Å². The second-order valence-electron chi connectivity index (χ2n) is 5.28. The molecule has 124 valence electrons. The smallest absolute Gasteiger partial charge is 0.0991 e. The monoisotopic (exact) mass is 307 g/mol. The second kappa shape index (κ2) is 14.5. The first-order valence-corrected chi connectivity index (χ1v) is 7.79. The van der Waals surface area contributed by atoms with E-state index in [1.54, 1.807) is 26.2 Å². The third kappa shape index (κ3) is 12.3. The van der Waals surface area contributed by atoms with Gasteiger partial charge in [0, 0.05) is 14.2 Å². The van der Waals surface area contributed by atoms with E-state index in [0.29, 0.717) is 18.3 Å². The van der Waals surface area contributed by atoms with Crippen LogP contribution in [0.15, 0.2) is 30.3 Å². The van der Waals surface area contributed by atoms with Crippen LogP contribution in [0.1, 0.15) is 44.6 Å². The van der Waals surface area contributed by atoms with E-state index in [2.05, 4.69) is 4.74 Å². The Morgan fingerprint density at radius 3 is 2.05 bits per heavy atom. The molecule has 1 saturated carbocycles. The van der Waals surface area contributed by atoms with Gasteiger partial charge in [-0.3, -0.25) is 0 Å². The summed E-state index contributed by atoms with van der Waals surface area (Å²) in [5.41, 5.74) is 0.715. The second-order valence-corrected chi connectivity index (χ2v) is 5.28. The molecule has 0 aromatic heterocycles. The molecule has 1 N–H and O–H groups in total. The number of nitrogens with zero attached hydrogens (tertiary/aromatic N) is 1. The average molecular weight is 307 g/mol. The Labute approximate surface area is 134 Å². The van der Waals surface area contributed by atoms with E-state index in [9.17, 15) is 0 Å². The van der Waals surface area contributed by atoms with Crippen LogP contribution >= 0.6 is 0 Å². The van der Waals surface area contributed by atoms with Crippen LogP contribution in [0.25, 0.3) is 0 Å². The molecule has 0 amide bonds. The first-order valence-electron chi connectivity index (χ1n) is 7.79. The normalized spacial score (nSPS) is 15.4. The van der Waals surface area contributed by atoms with Crippen molar-refractivity contribution < 1.29 is 14.6 Å². The SMILES string of the molecule is COC1CCCCC1.COCC(C)O.N#Cc1ccccc1. The van der Waals surface area contributed by atoms with Crippen molar-refractivity contribution in [3.63, 3.8) is 0 Å². The maximum Gasteiger partial charge on any atom is 0.0991 e. The van der Waals surface area contributed by atoms with Gasteiger partial charge >= 0.3 is 0 Å². The van der Waals surface area contributed by atoms with Gasteiger partial charge in [0.05, 0.1) is 30.4 Å². The minimum absolute atomic E-state index is 0.324. The molecule has 22 heavy (non-hydrogen) atoms. The molecule has 0 saturated heterocycles. The van der Waals surface area contributed by atoms with Crippen molar-refractivity contribution >= 4 is 0 Å². The van der Waals surface area contributed by atoms with E-state index in [-0.39, 0.29) is 6.10 Å². The first kappa shape index (κ1) is 20.6. The number of nitriles is 1. The van der Waals surface area contributed by atoms with Gasteiger partial charge in [0.1, 0.15) is 0 Å². The molecule has 4 nitrogen and oxygen atoms in total. The van der Waals surface area contributed by atoms with Crippen LogP contribution < -0.4 is 0 Å². The lowest BCUT2D eigenvalue weighted by molar-refractivity contribution is 0.0710. The zero-order valence-electron chi connectivity index (χ0n) is 14.0. The van der Waals surface area contributed by atoms with Crippen molar-refractivity contribution in [3.8, 4) is 6.07 Å². The highest BCUT2D eigenvalue weighted by molar-refractivity contribution is 5.27. The molecule has 1 aromatic rings. The zero-order valence-corrected chi connectivity index (χ0v) is 14.0. The third-order valence-corrected chi connectivity index (χ3v) is 3.20. The van der Waals surface area contributed by atoms with E-state index in [1.165, 1.54) is 32.1 Å². The summed E-state index contributed by atoms with van der Waals surface area (Å²) < 4.78 is 9.74. The van der Waals surface area contributed by atoms with E-state index in [0.717, 1.165) is 0 Å². The molecule has 0 spiro atoms. The van der Waals surface area contributed by atoms with Gasteiger partial charge in [-0.2, -0.15) is 5.26 Å². The predicted molar refractivity (Wildman–Crippen MR) is 88.6 cm³/mol. The number of aliphatic hydroxyl groups excluding tert-OH is 1.